The number of carbonyl (C=O) groups excluding carboxylic acids is 1. The van der Waals surface area contributed by atoms with Gasteiger partial charge in [-0.2, -0.15) is 0 Å². The molecule has 0 N–H and O–H groups in total. The maximum atomic E-state index is 11.8. The van der Waals surface area contributed by atoms with Crippen molar-refractivity contribution >= 4 is 6.09 Å². The van der Waals surface area contributed by atoms with Crippen LogP contribution >= 0.6 is 0 Å². The van der Waals surface area contributed by atoms with Gasteiger partial charge < -0.3 is 4.74 Å². The van der Waals surface area contributed by atoms with Gasteiger partial charge in [-0.25, -0.2) is 4.79 Å². The largest absolute Gasteiger partial charge is 0.450 e. The fraction of sp³-hybridized carbons (Fsp3) is 0.909. The highest BCUT2D eigenvalue weighted by Crippen LogP contribution is 2.39. The zero-order valence-corrected chi connectivity index (χ0v) is 9.77. The Kier molecular flexibility index (Phi) is 2.87. The van der Waals surface area contributed by atoms with Crippen molar-refractivity contribution in [1.29, 1.82) is 0 Å². The molecule has 2 bridgehead atoms. The molecule has 2 saturated heterocycles. The number of nitrogens with zero attached hydrogens (tertiary/aromatic N) is 2. The molecule has 0 saturated carbocycles. The van der Waals surface area contributed by atoms with Crippen LogP contribution in [0, 0.1) is 0 Å². The van der Waals surface area contributed by atoms with E-state index in [1.165, 1.54) is 6.42 Å². The summed E-state index contributed by atoms with van der Waals surface area (Å²) in [6.45, 7) is 4.47. The van der Waals surface area contributed by atoms with E-state index < -0.39 is 0 Å². The van der Waals surface area contributed by atoms with Crippen molar-refractivity contribution in [3.05, 3.63) is 0 Å². The number of amides is 1. The molecule has 1 amide bonds. The molecule has 2 aliphatic heterocycles. The highest BCUT2D eigenvalue weighted by atomic mass is 16.6. The Labute approximate surface area is 91.2 Å². The normalized spacial score (nSPS) is 34.9. The predicted octanol–water partition coefficient (Wildman–Crippen LogP) is 1.66. The SMILES string of the molecule is CCOC(=O)N1C2CCC([C@@H]1CC)N2C. The molecule has 0 aromatic heterocycles. The van der Waals surface area contributed by atoms with Crippen LogP contribution in [0.15, 0.2) is 0 Å². The Morgan fingerprint density at radius 2 is 2.13 bits per heavy atom. The van der Waals surface area contributed by atoms with Gasteiger partial charge in [-0.3, -0.25) is 9.80 Å². The van der Waals surface area contributed by atoms with Crippen LogP contribution in [0.2, 0.25) is 0 Å². The molecular weight excluding hydrogens is 192 g/mol. The van der Waals surface area contributed by atoms with Gasteiger partial charge in [0.25, 0.3) is 0 Å². The minimum atomic E-state index is -0.136. The van der Waals surface area contributed by atoms with Crippen LogP contribution in [0.1, 0.15) is 33.1 Å². The van der Waals surface area contributed by atoms with Crippen LogP contribution < -0.4 is 0 Å². The smallest absolute Gasteiger partial charge is 0.411 e. The molecule has 4 nitrogen and oxygen atoms in total. The van der Waals surface area contributed by atoms with Gasteiger partial charge in [-0.1, -0.05) is 6.92 Å². The summed E-state index contributed by atoms with van der Waals surface area (Å²) >= 11 is 0. The maximum absolute atomic E-state index is 11.8. The fourth-order valence-corrected chi connectivity index (χ4v) is 3.08. The van der Waals surface area contributed by atoms with Crippen LogP contribution in [0.3, 0.4) is 0 Å². The second kappa shape index (κ2) is 4.00. The maximum Gasteiger partial charge on any atom is 0.411 e. The highest BCUT2D eigenvalue weighted by molar-refractivity contribution is 5.69. The van der Waals surface area contributed by atoms with Crippen LogP contribution in [0.5, 0.6) is 0 Å². The van der Waals surface area contributed by atoms with E-state index >= 15 is 0 Å². The van der Waals surface area contributed by atoms with Gasteiger partial charge in [0, 0.05) is 6.04 Å². The Morgan fingerprint density at radius 1 is 1.40 bits per heavy atom. The van der Waals surface area contributed by atoms with Gasteiger partial charge in [0.05, 0.1) is 18.8 Å². The number of ether oxygens (including phenoxy) is 1. The Balaban J connectivity index is 2.13. The quantitative estimate of drug-likeness (QED) is 0.698. The lowest BCUT2D eigenvalue weighted by Crippen LogP contribution is -2.46. The van der Waals surface area contributed by atoms with Gasteiger partial charge >= 0.3 is 6.09 Å². The summed E-state index contributed by atoms with van der Waals surface area (Å²) in [5.41, 5.74) is 0. The lowest BCUT2D eigenvalue weighted by molar-refractivity contribution is 0.0696. The summed E-state index contributed by atoms with van der Waals surface area (Å²) in [7, 11) is 2.12. The molecule has 86 valence electrons. The van der Waals surface area contributed by atoms with E-state index in [2.05, 4.69) is 18.9 Å². The Hall–Kier alpha value is -0.770. The molecule has 0 aromatic rings. The van der Waals surface area contributed by atoms with Crippen molar-refractivity contribution in [3.8, 4) is 0 Å². The first-order valence-electron chi connectivity index (χ1n) is 5.87. The van der Waals surface area contributed by atoms with E-state index in [4.69, 9.17) is 4.74 Å². The molecule has 2 fully saturated rings. The van der Waals surface area contributed by atoms with E-state index in [1.807, 2.05) is 11.8 Å². The summed E-state index contributed by atoms with van der Waals surface area (Å²) in [4.78, 5) is 16.1. The summed E-state index contributed by atoms with van der Waals surface area (Å²) in [5, 5.41) is 0. The standard InChI is InChI=1S/C11H20N2O2/c1-4-8-9-6-7-10(12(9)3)13(8)11(14)15-5-2/h8-10H,4-7H2,1-3H3/t8-,9?,10?/m0/s1. The average molecular weight is 212 g/mol. The molecule has 0 aromatic carbocycles. The third kappa shape index (κ3) is 1.51. The minimum Gasteiger partial charge on any atom is -0.450 e. The van der Waals surface area contributed by atoms with Gasteiger partial charge in [0.15, 0.2) is 0 Å². The lowest BCUT2D eigenvalue weighted by Gasteiger charge is -2.32. The zero-order chi connectivity index (χ0) is 11.0. The number of hydrogen-bond acceptors (Lipinski definition) is 3. The van der Waals surface area contributed by atoms with Crippen molar-refractivity contribution in [2.45, 2.75) is 51.4 Å². The number of rotatable bonds is 2. The fourth-order valence-electron chi connectivity index (χ4n) is 3.08. The number of hydrogen-bond donors (Lipinski definition) is 0. The third-order valence-corrected chi connectivity index (χ3v) is 3.73. The second-order valence-corrected chi connectivity index (χ2v) is 4.37. The van der Waals surface area contributed by atoms with Crippen LogP contribution in [0.25, 0.3) is 0 Å². The van der Waals surface area contributed by atoms with Crippen LogP contribution in [-0.2, 0) is 4.74 Å². The minimum absolute atomic E-state index is 0.136. The molecule has 2 rings (SSSR count). The first-order valence-corrected chi connectivity index (χ1v) is 5.87. The van der Waals surface area contributed by atoms with E-state index in [-0.39, 0.29) is 12.3 Å². The summed E-state index contributed by atoms with van der Waals surface area (Å²) in [5.74, 6) is 0. The van der Waals surface area contributed by atoms with Crippen molar-refractivity contribution in [2.24, 2.45) is 0 Å². The molecule has 2 aliphatic rings. The first-order chi connectivity index (χ1) is 7.20. The number of fused-ring (bicyclic) bond motifs is 2. The predicted molar refractivity (Wildman–Crippen MR) is 57.5 cm³/mol. The lowest BCUT2D eigenvalue weighted by atomic mass is 10.00. The molecule has 3 atom stereocenters. The van der Waals surface area contributed by atoms with E-state index in [0.717, 1.165) is 12.8 Å². The van der Waals surface area contributed by atoms with Gasteiger partial charge in [0.1, 0.15) is 0 Å². The number of likely N-dealkylation sites (N-methyl/N-ethyl adjacent to an activating group) is 1. The molecule has 0 spiro atoms. The third-order valence-electron chi connectivity index (χ3n) is 3.73. The molecule has 0 aliphatic carbocycles. The van der Waals surface area contributed by atoms with Crippen molar-refractivity contribution in [3.63, 3.8) is 0 Å². The van der Waals surface area contributed by atoms with E-state index in [1.54, 1.807) is 0 Å². The van der Waals surface area contributed by atoms with E-state index in [0.29, 0.717) is 18.7 Å². The molecule has 2 unspecified atom stereocenters. The Bertz CT molecular complexity index is 257. The highest BCUT2D eigenvalue weighted by Gasteiger charge is 2.51. The van der Waals surface area contributed by atoms with Crippen LogP contribution in [-0.4, -0.2) is 47.8 Å². The van der Waals surface area contributed by atoms with Gasteiger partial charge in [-0.05, 0) is 33.2 Å². The van der Waals surface area contributed by atoms with Crippen molar-refractivity contribution in [1.82, 2.24) is 9.80 Å². The zero-order valence-electron chi connectivity index (χ0n) is 9.77. The van der Waals surface area contributed by atoms with E-state index in [9.17, 15) is 4.79 Å². The summed E-state index contributed by atoms with van der Waals surface area (Å²) < 4.78 is 5.12. The van der Waals surface area contributed by atoms with Gasteiger partial charge in [-0.15, -0.1) is 0 Å². The van der Waals surface area contributed by atoms with Gasteiger partial charge in [0.2, 0.25) is 0 Å². The second-order valence-electron chi connectivity index (χ2n) is 4.37. The van der Waals surface area contributed by atoms with Crippen LogP contribution in [0.4, 0.5) is 4.79 Å². The number of piperidine rings is 1. The number of likely N-dealkylation sites (tertiary alicyclic amines) is 1. The summed E-state index contributed by atoms with van der Waals surface area (Å²) in [6.07, 6.45) is 3.47. The topological polar surface area (TPSA) is 32.8 Å². The monoisotopic (exact) mass is 212 g/mol. The average Bonchev–Trinajstić information content (AvgIpc) is 2.72. The Morgan fingerprint density at radius 3 is 2.73 bits per heavy atom. The molecule has 4 heteroatoms. The summed E-state index contributed by atoms with van der Waals surface area (Å²) in [6, 6.07) is 0.900. The van der Waals surface area contributed by atoms with Crippen molar-refractivity contribution in [2.75, 3.05) is 13.7 Å². The molecular formula is C11H20N2O2. The molecule has 15 heavy (non-hydrogen) atoms. The molecule has 2 heterocycles. The molecule has 0 radical (unpaired) electrons. The van der Waals surface area contributed by atoms with Crippen molar-refractivity contribution < 1.29 is 9.53 Å². The number of carbonyl (C=O) groups is 1. The first kappa shape index (κ1) is 10.7.